The summed E-state index contributed by atoms with van der Waals surface area (Å²) in [5, 5.41) is 9.86. The molecular weight excluding hydrogens is 182 g/mol. The molecule has 0 aromatic carbocycles. The van der Waals surface area contributed by atoms with E-state index in [0.29, 0.717) is 17.2 Å². The molecule has 4 nitrogen and oxygen atoms in total. The summed E-state index contributed by atoms with van der Waals surface area (Å²) in [6, 6.07) is 1.67. The Morgan fingerprint density at radius 3 is 2.36 bits per heavy atom. The molecule has 1 rings (SSSR count). The minimum atomic E-state index is -0.971. The Kier molecular flexibility index (Phi) is 2.96. The average Bonchev–Trinajstić information content (AvgIpc) is 2.15. The maximum atomic E-state index is 9.86. The van der Waals surface area contributed by atoms with E-state index in [0.717, 1.165) is 0 Å². The van der Waals surface area contributed by atoms with Crippen LogP contribution in [0.25, 0.3) is 0 Å². The van der Waals surface area contributed by atoms with Crippen LogP contribution in [-0.2, 0) is 5.60 Å². The predicted molar refractivity (Wildman–Crippen MR) is 52.6 cm³/mol. The van der Waals surface area contributed by atoms with Gasteiger partial charge in [-0.1, -0.05) is 0 Å². The van der Waals surface area contributed by atoms with Crippen LogP contribution in [0.15, 0.2) is 12.3 Å². The normalized spacial score (nSPS) is 11.2. The van der Waals surface area contributed by atoms with Crippen LogP contribution in [0.3, 0.4) is 0 Å². The van der Waals surface area contributed by atoms with Crippen LogP contribution in [0, 0.1) is 0 Å². The zero-order valence-corrected chi connectivity index (χ0v) is 8.87. The number of methoxy groups -OCH3 is 2. The summed E-state index contributed by atoms with van der Waals surface area (Å²) in [5.41, 5.74) is -0.312. The lowest BCUT2D eigenvalue weighted by atomic mass is 9.99. The highest BCUT2D eigenvalue weighted by atomic mass is 16.5. The zero-order valence-electron chi connectivity index (χ0n) is 8.87. The molecule has 0 aliphatic carbocycles. The molecule has 1 aromatic rings. The Morgan fingerprint density at radius 1 is 1.29 bits per heavy atom. The molecule has 0 amide bonds. The highest BCUT2D eigenvalue weighted by molar-refractivity contribution is 5.38. The van der Waals surface area contributed by atoms with Gasteiger partial charge in [-0.05, 0) is 13.8 Å². The Bertz CT molecular complexity index is 318. The Labute approximate surface area is 83.5 Å². The summed E-state index contributed by atoms with van der Waals surface area (Å²) < 4.78 is 10.1. The fraction of sp³-hybridized carbons (Fsp3) is 0.500. The van der Waals surface area contributed by atoms with Crippen molar-refractivity contribution >= 4 is 0 Å². The van der Waals surface area contributed by atoms with Crippen LogP contribution in [0.1, 0.15) is 19.4 Å². The summed E-state index contributed by atoms with van der Waals surface area (Å²) in [7, 11) is 3.07. The van der Waals surface area contributed by atoms with Gasteiger partial charge in [-0.2, -0.15) is 0 Å². The van der Waals surface area contributed by atoms with Gasteiger partial charge in [-0.3, -0.25) is 0 Å². The molecule has 4 heteroatoms. The average molecular weight is 197 g/mol. The van der Waals surface area contributed by atoms with E-state index < -0.39 is 5.60 Å². The molecule has 1 heterocycles. The molecule has 0 aliphatic rings. The van der Waals surface area contributed by atoms with Crippen molar-refractivity contribution in [1.82, 2.24) is 4.98 Å². The number of nitrogens with zero attached hydrogens (tertiary/aromatic N) is 1. The topological polar surface area (TPSA) is 51.6 Å². The van der Waals surface area contributed by atoms with E-state index in [1.165, 1.54) is 13.3 Å². The van der Waals surface area contributed by atoms with Crippen molar-refractivity contribution in [1.29, 1.82) is 0 Å². The molecule has 0 fully saturated rings. The minimum Gasteiger partial charge on any atom is -0.495 e. The fourth-order valence-electron chi connectivity index (χ4n) is 1.18. The molecule has 1 N–H and O–H groups in total. The lowest BCUT2D eigenvalue weighted by molar-refractivity contribution is 0.0751. The third kappa shape index (κ3) is 2.14. The van der Waals surface area contributed by atoms with Gasteiger partial charge in [0, 0.05) is 11.6 Å². The van der Waals surface area contributed by atoms with Gasteiger partial charge in [-0.25, -0.2) is 4.98 Å². The van der Waals surface area contributed by atoms with E-state index >= 15 is 0 Å². The molecule has 14 heavy (non-hydrogen) atoms. The van der Waals surface area contributed by atoms with E-state index in [1.54, 1.807) is 27.0 Å². The van der Waals surface area contributed by atoms with Gasteiger partial charge in [0.1, 0.15) is 5.75 Å². The lowest BCUT2D eigenvalue weighted by Gasteiger charge is -2.20. The predicted octanol–water partition coefficient (Wildman–Crippen LogP) is 1.33. The molecule has 0 radical (unpaired) electrons. The van der Waals surface area contributed by atoms with Crippen LogP contribution in [0.5, 0.6) is 11.6 Å². The van der Waals surface area contributed by atoms with E-state index in [2.05, 4.69) is 4.98 Å². The van der Waals surface area contributed by atoms with E-state index in [4.69, 9.17) is 9.47 Å². The summed E-state index contributed by atoms with van der Waals surface area (Å²) in [4.78, 5) is 3.98. The van der Waals surface area contributed by atoms with Crippen molar-refractivity contribution in [2.75, 3.05) is 14.2 Å². The summed E-state index contributed by atoms with van der Waals surface area (Å²) >= 11 is 0. The maximum Gasteiger partial charge on any atom is 0.213 e. The third-order valence-electron chi connectivity index (χ3n) is 1.93. The first-order valence-electron chi connectivity index (χ1n) is 4.30. The van der Waals surface area contributed by atoms with E-state index in [9.17, 15) is 5.11 Å². The van der Waals surface area contributed by atoms with E-state index in [-0.39, 0.29) is 0 Å². The Hall–Kier alpha value is -1.29. The molecule has 78 valence electrons. The number of aliphatic hydroxyl groups is 1. The number of pyridine rings is 1. The summed E-state index contributed by atoms with van der Waals surface area (Å²) in [6.45, 7) is 3.37. The second-order valence-electron chi connectivity index (χ2n) is 3.49. The SMILES string of the molecule is COc1cc(C(C)(C)O)c(OC)cn1. The third-order valence-corrected chi connectivity index (χ3v) is 1.93. The van der Waals surface area contributed by atoms with Crippen LogP contribution >= 0.6 is 0 Å². The molecule has 0 aliphatic heterocycles. The van der Waals surface area contributed by atoms with Crippen molar-refractivity contribution in [2.45, 2.75) is 19.4 Å². The van der Waals surface area contributed by atoms with Gasteiger partial charge in [-0.15, -0.1) is 0 Å². The highest BCUT2D eigenvalue weighted by Crippen LogP contribution is 2.30. The van der Waals surface area contributed by atoms with Crippen molar-refractivity contribution in [3.8, 4) is 11.6 Å². The fourth-order valence-corrected chi connectivity index (χ4v) is 1.18. The molecule has 0 atom stereocenters. The smallest absolute Gasteiger partial charge is 0.213 e. The summed E-state index contributed by atoms with van der Waals surface area (Å²) in [6.07, 6.45) is 1.53. The van der Waals surface area contributed by atoms with Gasteiger partial charge in [0.15, 0.2) is 0 Å². The van der Waals surface area contributed by atoms with Gasteiger partial charge < -0.3 is 14.6 Å². The van der Waals surface area contributed by atoms with Crippen LogP contribution < -0.4 is 9.47 Å². The molecule has 1 aromatic heterocycles. The minimum absolute atomic E-state index is 0.461. The van der Waals surface area contributed by atoms with Gasteiger partial charge in [0.2, 0.25) is 5.88 Å². The second-order valence-corrected chi connectivity index (χ2v) is 3.49. The molecule has 0 saturated carbocycles. The van der Waals surface area contributed by atoms with Crippen molar-refractivity contribution in [3.63, 3.8) is 0 Å². The molecule has 0 bridgehead atoms. The Morgan fingerprint density at radius 2 is 1.93 bits per heavy atom. The first-order chi connectivity index (χ1) is 6.49. The summed E-state index contributed by atoms with van der Waals surface area (Å²) in [5.74, 6) is 1.02. The van der Waals surface area contributed by atoms with Crippen molar-refractivity contribution in [2.24, 2.45) is 0 Å². The number of hydrogen-bond acceptors (Lipinski definition) is 4. The quantitative estimate of drug-likeness (QED) is 0.794. The van der Waals surface area contributed by atoms with E-state index in [1.807, 2.05) is 0 Å². The molecular formula is C10H15NO3. The van der Waals surface area contributed by atoms with Gasteiger partial charge >= 0.3 is 0 Å². The van der Waals surface area contributed by atoms with Gasteiger partial charge in [0.05, 0.1) is 26.0 Å². The highest BCUT2D eigenvalue weighted by Gasteiger charge is 2.22. The zero-order chi connectivity index (χ0) is 10.8. The first kappa shape index (κ1) is 10.8. The largest absolute Gasteiger partial charge is 0.495 e. The standard InChI is InChI=1S/C10H15NO3/c1-10(2,12)7-5-9(14-4)11-6-8(7)13-3/h5-6,12H,1-4H3. The van der Waals surface area contributed by atoms with Crippen molar-refractivity contribution < 1.29 is 14.6 Å². The van der Waals surface area contributed by atoms with Crippen molar-refractivity contribution in [3.05, 3.63) is 17.8 Å². The van der Waals surface area contributed by atoms with Crippen LogP contribution in [0.2, 0.25) is 0 Å². The lowest BCUT2D eigenvalue weighted by Crippen LogP contribution is -2.17. The molecule has 0 unspecified atom stereocenters. The number of hydrogen-bond donors (Lipinski definition) is 1. The van der Waals surface area contributed by atoms with Crippen LogP contribution in [-0.4, -0.2) is 24.3 Å². The second kappa shape index (κ2) is 3.84. The monoisotopic (exact) mass is 197 g/mol. The first-order valence-corrected chi connectivity index (χ1v) is 4.30. The van der Waals surface area contributed by atoms with Crippen LogP contribution in [0.4, 0.5) is 0 Å². The number of rotatable bonds is 3. The number of ether oxygens (including phenoxy) is 2. The Balaban J connectivity index is 3.22. The molecule has 0 spiro atoms. The van der Waals surface area contributed by atoms with Gasteiger partial charge in [0.25, 0.3) is 0 Å². The molecule has 0 saturated heterocycles. The maximum absolute atomic E-state index is 9.86. The number of aromatic nitrogens is 1.